The maximum absolute atomic E-state index is 14.5. The lowest BCUT2D eigenvalue weighted by Gasteiger charge is -2.47. The van der Waals surface area contributed by atoms with Gasteiger partial charge in [-0.2, -0.15) is 13.2 Å². The van der Waals surface area contributed by atoms with E-state index in [0.29, 0.717) is 5.56 Å². The SMILES string of the molecule is CC(=O)CCC1(C)C(=O)N(c2ncc(Cl)cc2F)CC(=O)N1Cc1ccc(C(F)(F)F)cc1. The average Bonchev–Trinajstić information content (AvgIpc) is 2.73. The summed E-state index contributed by atoms with van der Waals surface area (Å²) >= 11 is 5.73. The van der Waals surface area contributed by atoms with E-state index >= 15 is 0 Å². The third kappa shape index (κ3) is 5.16. The maximum Gasteiger partial charge on any atom is 0.416 e. The number of hydrogen-bond acceptors (Lipinski definition) is 4. The van der Waals surface area contributed by atoms with Gasteiger partial charge < -0.3 is 9.69 Å². The van der Waals surface area contributed by atoms with Crippen LogP contribution in [0.4, 0.5) is 23.4 Å². The van der Waals surface area contributed by atoms with E-state index in [2.05, 4.69) is 4.98 Å². The van der Waals surface area contributed by atoms with Crippen LogP contribution in [0.3, 0.4) is 0 Å². The fourth-order valence-electron chi connectivity index (χ4n) is 3.66. The van der Waals surface area contributed by atoms with Gasteiger partial charge in [-0.05, 0) is 44.0 Å². The Labute approximate surface area is 192 Å². The molecular formula is C22H20ClF4N3O3. The summed E-state index contributed by atoms with van der Waals surface area (Å²) in [6.45, 7) is 2.08. The predicted octanol–water partition coefficient (Wildman–Crippen LogP) is 4.40. The van der Waals surface area contributed by atoms with E-state index in [4.69, 9.17) is 11.6 Å². The highest BCUT2D eigenvalue weighted by atomic mass is 35.5. The van der Waals surface area contributed by atoms with Gasteiger partial charge in [0.1, 0.15) is 17.9 Å². The zero-order chi connectivity index (χ0) is 24.6. The highest BCUT2D eigenvalue weighted by Crippen LogP contribution is 2.34. The molecule has 1 aliphatic rings. The van der Waals surface area contributed by atoms with Crippen molar-refractivity contribution in [3.63, 3.8) is 0 Å². The molecular weight excluding hydrogens is 466 g/mol. The summed E-state index contributed by atoms with van der Waals surface area (Å²) in [6.07, 6.45) is -3.47. The molecule has 0 saturated carbocycles. The van der Waals surface area contributed by atoms with Gasteiger partial charge in [0.25, 0.3) is 5.91 Å². The second-order valence-electron chi connectivity index (χ2n) is 8.00. The lowest BCUT2D eigenvalue weighted by atomic mass is 9.87. The second-order valence-corrected chi connectivity index (χ2v) is 8.44. The molecule has 1 aromatic carbocycles. The third-order valence-corrected chi connectivity index (χ3v) is 5.73. The number of benzene rings is 1. The Morgan fingerprint density at radius 2 is 1.85 bits per heavy atom. The number of pyridine rings is 1. The minimum absolute atomic E-state index is 0.00954. The zero-order valence-electron chi connectivity index (χ0n) is 17.7. The first kappa shape index (κ1) is 24.6. The lowest BCUT2D eigenvalue weighted by molar-refractivity contribution is -0.151. The number of alkyl halides is 3. The van der Waals surface area contributed by atoms with E-state index in [9.17, 15) is 31.9 Å². The molecule has 2 heterocycles. The molecule has 1 aliphatic heterocycles. The molecule has 1 unspecified atom stereocenters. The summed E-state index contributed by atoms with van der Waals surface area (Å²) in [5, 5.41) is 0.00954. The summed E-state index contributed by atoms with van der Waals surface area (Å²) in [5.41, 5.74) is -2.04. The van der Waals surface area contributed by atoms with Crippen molar-refractivity contribution < 1.29 is 31.9 Å². The molecule has 11 heteroatoms. The molecule has 0 N–H and O–H groups in total. The number of ketones is 1. The lowest BCUT2D eigenvalue weighted by Crippen LogP contribution is -2.67. The number of halogens is 5. The van der Waals surface area contributed by atoms with Crippen molar-refractivity contribution in [3.05, 3.63) is 58.5 Å². The number of aromatic nitrogens is 1. The van der Waals surface area contributed by atoms with Crippen molar-refractivity contribution in [1.82, 2.24) is 9.88 Å². The number of anilines is 1. The quantitative estimate of drug-likeness (QED) is 0.569. The Bertz CT molecular complexity index is 1090. The van der Waals surface area contributed by atoms with E-state index in [1.807, 2.05) is 0 Å². The van der Waals surface area contributed by atoms with E-state index in [1.165, 1.54) is 30.9 Å². The van der Waals surface area contributed by atoms with Gasteiger partial charge in [0.2, 0.25) is 5.91 Å². The molecule has 2 aromatic rings. The van der Waals surface area contributed by atoms with E-state index in [1.54, 1.807) is 0 Å². The number of rotatable bonds is 6. The molecule has 3 rings (SSSR count). The Morgan fingerprint density at radius 3 is 2.39 bits per heavy atom. The Balaban J connectivity index is 1.96. The van der Waals surface area contributed by atoms with Crippen molar-refractivity contribution >= 4 is 35.0 Å². The Morgan fingerprint density at radius 1 is 1.21 bits per heavy atom. The average molecular weight is 486 g/mol. The highest BCUT2D eigenvalue weighted by Gasteiger charge is 2.50. The number of amides is 2. The minimum Gasteiger partial charge on any atom is -0.322 e. The van der Waals surface area contributed by atoms with Crippen LogP contribution in [-0.4, -0.2) is 39.6 Å². The molecule has 2 amide bonds. The second kappa shape index (κ2) is 9.09. The van der Waals surface area contributed by atoms with E-state index in [-0.39, 0.29) is 36.0 Å². The van der Waals surface area contributed by atoms with Crippen molar-refractivity contribution in [1.29, 1.82) is 0 Å². The first-order chi connectivity index (χ1) is 15.3. The molecule has 0 radical (unpaired) electrons. The van der Waals surface area contributed by atoms with Gasteiger partial charge in [0.15, 0.2) is 11.6 Å². The van der Waals surface area contributed by atoms with Gasteiger partial charge in [-0.3, -0.25) is 14.5 Å². The molecule has 1 aromatic heterocycles. The van der Waals surface area contributed by atoms with Gasteiger partial charge in [-0.1, -0.05) is 23.7 Å². The monoisotopic (exact) mass is 485 g/mol. The summed E-state index contributed by atoms with van der Waals surface area (Å²) in [4.78, 5) is 44.1. The maximum atomic E-state index is 14.5. The zero-order valence-corrected chi connectivity index (χ0v) is 18.5. The number of Topliss-reactive ketones (excluding diaryl/α,β-unsaturated/α-hetero) is 1. The van der Waals surface area contributed by atoms with Gasteiger partial charge in [-0.15, -0.1) is 0 Å². The Hall–Kier alpha value is -3.01. The first-order valence-electron chi connectivity index (χ1n) is 9.92. The summed E-state index contributed by atoms with van der Waals surface area (Å²) < 4.78 is 53.1. The largest absolute Gasteiger partial charge is 0.416 e. The van der Waals surface area contributed by atoms with Crippen molar-refractivity contribution in [3.8, 4) is 0 Å². The molecule has 176 valence electrons. The van der Waals surface area contributed by atoms with Crippen LogP contribution in [0.1, 0.15) is 37.8 Å². The van der Waals surface area contributed by atoms with Crippen LogP contribution in [0.25, 0.3) is 0 Å². The van der Waals surface area contributed by atoms with Crippen molar-refractivity contribution in [2.24, 2.45) is 0 Å². The fourth-order valence-corrected chi connectivity index (χ4v) is 3.80. The number of nitrogens with zero attached hydrogens (tertiary/aromatic N) is 3. The van der Waals surface area contributed by atoms with Crippen LogP contribution in [0.5, 0.6) is 0 Å². The molecule has 6 nitrogen and oxygen atoms in total. The Kier molecular flexibility index (Phi) is 6.78. The minimum atomic E-state index is -4.51. The first-order valence-corrected chi connectivity index (χ1v) is 10.3. The summed E-state index contributed by atoms with van der Waals surface area (Å²) in [5.74, 6) is -2.73. The normalized spacial score (nSPS) is 19.2. The standard InChI is InChI=1S/C22H20ClF4N3O3/c1-13(31)7-8-21(2)20(33)29(19-17(24)9-16(23)10-28-19)12-18(32)30(21)11-14-3-5-15(6-4-14)22(25,26)27/h3-6,9-10H,7-8,11-12H2,1-2H3. The molecule has 1 saturated heterocycles. The number of hydrogen-bond donors (Lipinski definition) is 0. The van der Waals surface area contributed by atoms with Gasteiger partial charge in [0, 0.05) is 19.2 Å². The molecule has 0 spiro atoms. The summed E-state index contributed by atoms with van der Waals surface area (Å²) in [6, 6.07) is 5.18. The van der Waals surface area contributed by atoms with Crippen LogP contribution in [0.2, 0.25) is 5.02 Å². The van der Waals surface area contributed by atoms with Crippen molar-refractivity contribution in [2.75, 3.05) is 11.4 Å². The molecule has 33 heavy (non-hydrogen) atoms. The molecule has 0 aliphatic carbocycles. The predicted molar refractivity (Wildman–Crippen MR) is 112 cm³/mol. The molecule has 0 bridgehead atoms. The topological polar surface area (TPSA) is 70.6 Å². The van der Waals surface area contributed by atoms with E-state index < -0.39 is 41.5 Å². The van der Waals surface area contributed by atoms with Crippen LogP contribution >= 0.6 is 11.6 Å². The van der Waals surface area contributed by atoms with Gasteiger partial charge >= 0.3 is 6.18 Å². The van der Waals surface area contributed by atoms with Crippen LogP contribution < -0.4 is 4.90 Å². The molecule has 1 fully saturated rings. The molecule has 1 atom stereocenters. The third-order valence-electron chi connectivity index (χ3n) is 5.53. The summed E-state index contributed by atoms with van der Waals surface area (Å²) in [7, 11) is 0. The smallest absolute Gasteiger partial charge is 0.322 e. The van der Waals surface area contributed by atoms with Crippen LogP contribution in [-0.2, 0) is 27.1 Å². The number of piperazine rings is 1. The number of carbonyl (C=O) groups is 3. The van der Waals surface area contributed by atoms with Crippen LogP contribution in [0.15, 0.2) is 36.5 Å². The van der Waals surface area contributed by atoms with Crippen LogP contribution in [0, 0.1) is 5.82 Å². The van der Waals surface area contributed by atoms with Crippen molar-refractivity contribution in [2.45, 2.75) is 44.9 Å². The van der Waals surface area contributed by atoms with Gasteiger partial charge in [0.05, 0.1) is 10.6 Å². The fraction of sp³-hybridized carbons (Fsp3) is 0.364. The van der Waals surface area contributed by atoms with Gasteiger partial charge in [-0.25, -0.2) is 9.37 Å². The van der Waals surface area contributed by atoms with E-state index in [0.717, 1.165) is 29.3 Å². The number of carbonyl (C=O) groups excluding carboxylic acids is 3. The highest BCUT2D eigenvalue weighted by molar-refractivity contribution is 6.30.